The van der Waals surface area contributed by atoms with Crippen LogP contribution in [0.2, 0.25) is 0 Å². The van der Waals surface area contributed by atoms with Gasteiger partial charge in [-0.1, -0.05) is 25.1 Å². The van der Waals surface area contributed by atoms with Crippen molar-refractivity contribution >= 4 is 56.5 Å². The van der Waals surface area contributed by atoms with Gasteiger partial charge in [0.25, 0.3) is 5.91 Å². The maximum absolute atomic E-state index is 13.4. The van der Waals surface area contributed by atoms with Crippen LogP contribution in [-0.4, -0.2) is 34.9 Å². The summed E-state index contributed by atoms with van der Waals surface area (Å²) in [7, 11) is 0. The molecule has 0 unspecified atom stereocenters. The third-order valence-electron chi connectivity index (χ3n) is 7.03. The first kappa shape index (κ1) is 24.9. The number of carbonyl (C=O) groups excluding carboxylic acids is 3. The summed E-state index contributed by atoms with van der Waals surface area (Å²) >= 11 is 1.24. The highest BCUT2D eigenvalue weighted by atomic mass is 32.1. The molecule has 2 aromatic heterocycles. The van der Waals surface area contributed by atoms with Crippen LogP contribution in [0.3, 0.4) is 0 Å². The van der Waals surface area contributed by atoms with E-state index in [2.05, 4.69) is 20.9 Å². The Kier molecular flexibility index (Phi) is 6.62. The Hall–Kier alpha value is -4.44. The number of hydrogen-bond acceptors (Lipinski definition) is 6. The van der Waals surface area contributed by atoms with Crippen LogP contribution in [-0.2, 0) is 4.79 Å². The molecule has 0 bridgehead atoms. The molecule has 0 radical (unpaired) electrons. The Bertz CT molecular complexity index is 1550. The molecule has 1 saturated carbocycles. The van der Waals surface area contributed by atoms with E-state index in [4.69, 9.17) is 4.74 Å². The standard InChI is InChI=1S/C29H27N5O4S/c1-2-23(35)31-20-9-6-10-21(20)32-27(36)26-25-24-22(15-16-30-28(24)39-26)34(29(37)33-25)17-11-13-19(14-12-17)38-18-7-4-3-5-8-18/h3-5,7-8,11-16,20-21H,2,6,9-10H2,1H3,(H,31,35)(H,32,36)(H,33,37)/t20-,21+/m0/s1. The summed E-state index contributed by atoms with van der Waals surface area (Å²) in [5.41, 5.74) is 1.77. The maximum atomic E-state index is 13.4. The van der Waals surface area contributed by atoms with E-state index in [0.29, 0.717) is 38.9 Å². The van der Waals surface area contributed by atoms with E-state index < -0.39 is 0 Å². The lowest BCUT2D eigenvalue weighted by atomic mass is 10.1. The first-order valence-corrected chi connectivity index (χ1v) is 13.8. The highest BCUT2D eigenvalue weighted by Gasteiger charge is 2.35. The number of pyridine rings is 1. The molecule has 3 N–H and O–H groups in total. The highest BCUT2D eigenvalue weighted by molar-refractivity contribution is 7.21. The van der Waals surface area contributed by atoms with E-state index in [-0.39, 0.29) is 29.9 Å². The molecule has 39 heavy (non-hydrogen) atoms. The Labute approximate surface area is 229 Å². The van der Waals surface area contributed by atoms with E-state index in [1.54, 1.807) is 17.2 Å². The van der Waals surface area contributed by atoms with Gasteiger partial charge in [0, 0.05) is 24.7 Å². The summed E-state index contributed by atoms with van der Waals surface area (Å²) in [4.78, 5) is 45.8. The summed E-state index contributed by atoms with van der Waals surface area (Å²) in [6.45, 7) is 1.81. The van der Waals surface area contributed by atoms with E-state index in [1.165, 1.54) is 11.3 Å². The lowest BCUT2D eigenvalue weighted by molar-refractivity contribution is -0.121. The third-order valence-corrected chi connectivity index (χ3v) is 8.12. The second-order valence-electron chi connectivity index (χ2n) is 9.53. The van der Waals surface area contributed by atoms with Crippen molar-refractivity contribution in [3.8, 4) is 11.5 Å². The van der Waals surface area contributed by atoms with Crippen molar-refractivity contribution in [3.05, 3.63) is 71.7 Å². The minimum absolute atomic E-state index is 0.0287. The van der Waals surface area contributed by atoms with Crippen LogP contribution in [0.15, 0.2) is 66.9 Å². The molecule has 1 fully saturated rings. The number of rotatable bonds is 7. The minimum atomic E-state index is -0.367. The first-order valence-electron chi connectivity index (χ1n) is 13.0. The second-order valence-corrected chi connectivity index (χ2v) is 10.5. The van der Waals surface area contributed by atoms with Gasteiger partial charge in [0.05, 0.1) is 22.4 Å². The van der Waals surface area contributed by atoms with Gasteiger partial charge in [-0.15, -0.1) is 11.3 Å². The highest BCUT2D eigenvalue weighted by Crippen LogP contribution is 2.46. The van der Waals surface area contributed by atoms with Gasteiger partial charge in [0.15, 0.2) is 0 Å². The molecule has 0 saturated heterocycles. The molecular formula is C29H27N5O4S. The lowest BCUT2D eigenvalue weighted by Crippen LogP contribution is -2.48. The summed E-state index contributed by atoms with van der Waals surface area (Å²) < 4.78 is 5.89. The van der Waals surface area contributed by atoms with Crippen LogP contribution in [0.1, 0.15) is 42.3 Å². The van der Waals surface area contributed by atoms with Crippen LogP contribution in [0, 0.1) is 0 Å². The zero-order valence-corrected chi connectivity index (χ0v) is 22.1. The third kappa shape index (κ3) is 4.79. The molecule has 198 valence electrons. The summed E-state index contributed by atoms with van der Waals surface area (Å²) in [6.07, 6.45) is 4.57. The van der Waals surface area contributed by atoms with Gasteiger partial charge in [-0.2, -0.15) is 0 Å². The number of amides is 4. The number of nitrogens with one attached hydrogen (secondary N) is 3. The van der Waals surface area contributed by atoms with Crippen molar-refractivity contribution in [2.75, 3.05) is 10.2 Å². The van der Waals surface area contributed by atoms with Crippen LogP contribution in [0.5, 0.6) is 11.5 Å². The molecule has 1 aliphatic carbocycles. The molecular weight excluding hydrogens is 514 g/mol. The Morgan fingerprint density at radius 2 is 1.74 bits per heavy atom. The number of ether oxygens (including phenoxy) is 1. The van der Waals surface area contributed by atoms with E-state index in [1.807, 2.05) is 61.5 Å². The van der Waals surface area contributed by atoms with Gasteiger partial charge in [-0.05, 0) is 61.7 Å². The maximum Gasteiger partial charge on any atom is 0.331 e. The van der Waals surface area contributed by atoms with Gasteiger partial charge < -0.3 is 20.7 Å². The average Bonchev–Trinajstić information content (AvgIpc) is 3.54. The van der Waals surface area contributed by atoms with Crippen molar-refractivity contribution in [1.82, 2.24) is 15.6 Å². The fraction of sp³-hybridized carbons (Fsp3) is 0.241. The second kappa shape index (κ2) is 10.4. The zero-order chi connectivity index (χ0) is 26.9. The number of nitrogens with zero attached hydrogens (tertiary/aromatic N) is 2. The normalized spacial score (nSPS) is 18.1. The van der Waals surface area contributed by atoms with Crippen molar-refractivity contribution < 1.29 is 19.1 Å². The average molecular weight is 542 g/mol. The zero-order valence-electron chi connectivity index (χ0n) is 21.3. The summed E-state index contributed by atoms with van der Waals surface area (Å²) in [5.74, 6) is 1.07. The van der Waals surface area contributed by atoms with Crippen molar-refractivity contribution in [2.24, 2.45) is 0 Å². The predicted molar refractivity (Wildman–Crippen MR) is 151 cm³/mol. The van der Waals surface area contributed by atoms with Crippen LogP contribution < -0.4 is 25.6 Å². The molecule has 0 spiro atoms. The van der Waals surface area contributed by atoms with Crippen LogP contribution in [0.4, 0.5) is 21.9 Å². The number of benzene rings is 2. The van der Waals surface area contributed by atoms with Crippen LogP contribution >= 0.6 is 11.3 Å². The summed E-state index contributed by atoms with van der Waals surface area (Å²) in [5, 5.41) is 9.75. The quantitative estimate of drug-likeness (QED) is 0.268. The number of carbonyl (C=O) groups is 3. The SMILES string of the molecule is CCC(=O)N[C@H]1CCC[C@H]1NC(=O)c1sc2nccc3c2c1NC(=O)N3c1ccc(Oc2ccccc2)cc1. The van der Waals surface area contributed by atoms with Crippen LogP contribution in [0.25, 0.3) is 10.2 Å². The first-order chi connectivity index (χ1) is 19.0. The number of para-hydroxylation sites is 1. The molecule has 3 heterocycles. The largest absolute Gasteiger partial charge is 0.457 e. The van der Waals surface area contributed by atoms with Gasteiger partial charge in [0.2, 0.25) is 5.91 Å². The molecule has 2 aromatic carbocycles. The topological polar surface area (TPSA) is 113 Å². The number of urea groups is 1. The minimum Gasteiger partial charge on any atom is -0.457 e. The van der Waals surface area contributed by atoms with Crippen molar-refractivity contribution in [2.45, 2.75) is 44.7 Å². The molecule has 10 heteroatoms. The molecule has 4 aromatic rings. The number of anilines is 3. The van der Waals surface area contributed by atoms with Gasteiger partial charge >= 0.3 is 6.03 Å². The lowest BCUT2D eigenvalue weighted by Gasteiger charge is -2.28. The molecule has 6 rings (SSSR count). The van der Waals surface area contributed by atoms with Gasteiger partial charge in [0.1, 0.15) is 21.2 Å². The molecule has 4 amide bonds. The number of thiophene rings is 1. The molecule has 9 nitrogen and oxygen atoms in total. The summed E-state index contributed by atoms with van der Waals surface area (Å²) in [6, 6.07) is 17.9. The van der Waals surface area contributed by atoms with E-state index in [9.17, 15) is 14.4 Å². The number of aromatic nitrogens is 1. The van der Waals surface area contributed by atoms with Crippen molar-refractivity contribution in [3.63, 3.8) is 0 Å². The van der Waals surface area contributed by atoms with E-state index >= 15 is 0 Å². The molecule has 1 aliphatic heterocycles. The van der Waals surface area contributed by atoms with Gasteiger partial charge in [-0.3, -0.25) is 14.5 Å². The monoisotopic (exact) mass is 541 g/mol. The number of hydrogen-bond donors (Lipinski definition) is 3. The predicted octanol–water partition coefficient (Wildman–Crippen LogP) is 5.95. The van der Waals surface area contributed by atoms with Crippen molar-refractivity contribution in [1.29, 1.82) is 0 Å². The fourth-order valence-electron chi connectivity index (χ4n) is 5.14. The smallest absolute Gasteiger partial charge is 0.331 e. The fourth-order valence-corrected chi connectivity index (χ4v) is 6.16. The van der Waals surface area contributed by atoms with E-state index in [0.717, 1.165) is 30.4 Å². The Morgan fingerprint density at radius 3 is 2.49 bits per heavy atom. The Morgan fingerprint density at radius 1 is 1.03 bits per heavy atom. The molecule has 2 aliphatic rings. The molecule has 2 atom stereocenters. The van der Waals surface area contributed by atoms with Gasteiger partial charge in [-0.25, -0.2) is 9.78 Å². The Balaban J connectivity index is 1.27.